The molecule has 0 N–H and O–H groups in total. The van der Waals surface area contributed by atoms with E-state index >= 15 is 0 Å². The summed E-state index contributed by atoms with van der Waals surface area (Å²) in [6.45, 7) is 89.6. The van der Waals surface area contributed by atoms with Crippen LogP contribution in [-0.4, -0.2) is 29.9 Å². The fraction of sp³-hybridized carbons (Fsp3) is 0.371. The van der Waals surface area contributed by atoms with Crippen molar-refractivity contribution in [2.24, 2.45) is 0 Å². The lowest BCUT2D eigenvalue weighted by Gasteiger charge is -2.27. The number of rotatable bonds is 0. The lowest BCUT2D eigenvalue weighted by atomic mass is 9.78. The van der Waals surface area contributed by atoms with E-state index < -0.39 is 0 Å². The van der Waals surface area contributed by atoms with Gasteiger partial charge in [-0.2, -0.15) is 0 Å². The molecule has 672 valence electrons. The quantitative estimate of drug-likeness (QED) is 0.141. The third-order valence-corrected chi connectivity index (χ3v) is 27.9. The molecule has 12 aromatic carbocycles. The molecule has 18 aromatic rings. The molecule has 0 spiro atoms. The van der Waals surface area contributed by atoms with Gasteiger partial charge < -0.3 is 0 Å². The highest BCUT2D eigenvalue weighted by molar-refractivity contribution is 6.07. The number of nitrogens with zero attached hydrogens (tertiary/aromatic N) is 6. The summed E-state index contributed by atoms with van der Waals surface area (Å²) in [5.74, 6) is 0. The molecule has 0 saturated heterocycles. The second-order valence-electron chi connectivity index (χ2n) is 44.6. The minimum absolute atomic E-state index is 0.0620. The molecule has 18 rings (SSSR count). The summed E-state index contributed by atoms with van der Waals surface area (Å²) < 4.78 is 0. The number of hydrogen-bond acceptors (Lipinski definition) is 6. The number of pyridine rings is 6. The number of aromatic nitrogens is 6. The van der Waals surface area contributed by atoms with E-state index in [1.165, 1.54) is 242 Å². The first-order valence-electron chi connectivity index (χ1n) is 47.3. The first-order valence-corrected chi connectivity index (χ1v) is 47.3. The first kappa shape index (κ1) is 96.2. The molecule has 0 aliphatic rings. The molecule has 6 nitrogen and oxygen atoms in total. The number of benzene rings is 12. The second kappa shape index (κ2) is 35.4. The summed E-state index contributed by atoms with van der Waals surface area (Å²) in [6.07, 6.45) is 0. The van der Waals surface area contributed by atoms with Gasteiger partial charge in [0.2, 0.25) is 0 Å². The van der Waals surface area contributed by atoms with Crippen molar-refractivity contribution in [3.05, 3.63) is 314 Å². The first-order chi connectivity index (χ1) is 60.4. The van der Waals surface area contributed by atoms with Gasteiger partial charge >= 0.3 is 0 Å². The predicted octanol–water partition coefficient (Wildman–Crippen LogP) is 34.9. The predicted molar refractivity (Wildman–Crippen MR) is 572 cm³/mol. The van der Waals surface area contributed by atoms with Gasteiger partial charge in [-0.15, -0.1) is 0 Å². The largest absolute Gasteiger partial charge is 0.248 e. The van der Waals surface area contributed by atoms with Gasteiger partial charge in [0.05, 0.1) is 66.2 Å². The summed E-state index contributed by atoms with van der Waals surface area (Å²) in [7, 11) is 0. The van der Waals surface area contributed by atoms with Crippen LogP contribution in [0.25, 0.3) is 131 Å². The highest BCUT2D eigenvalue weighted by Crippen LogP contribution is 2.47. The fourth-order valence-electron chi connectivity index (χ4n) is 20.3. The van der Waals surface area contributed by atoms with Crippen molar-refractivity contribution in [2.75, 3.05) is 0 Å². The Morgan fingerprint density at radius 3 is 0.877 bits per heavy atom. The molecular formula is C124H146N6. The highest BCUT2D eigenvalue weighted by Gasteiger charge is 2.31. The van der Waals surface area contributed by atoms with Crippen molar-refractivity contribution in [3.8, 4) is 0 Å². The molecule has 0 atom stereocenters. The van der Waals surface area contributed by atoms with Crippen LogP contribution in [0, 0.1) is 152 Å². The topological polar surface area (TPSA) is 77.3 Å². The van der Waals surface area contributed by atoms with Crippen molar-refractivity contribution >= 4 is 131 Å². The van der Waals surface area contributed by atoms with Crippen molar-refractivity contribution in [1.82, 2.24) is 29.9 Å². The van der Waals surface area contributed by atoms with Crippen molar-refractivity contribution in [2.45, 2.75) is 309 Å². The monoisotopic (exact) mass is 1720 g/mol. The van der Waals surface area contributed by atoms with E-state index in [-0.39, 0.29) is 32.5 Å². The SMILES string of the molecule is Cc1cc2c(C(C)(C)C)c3c(C)c(C)c(C)c(C)c3nc2c(C)c1C.Cc1cc2c(C(C)(C)C)c3cc(C)c(C)c(C)c3nc2c(C)c1C.Cc1ccc2c(C(C)(C)C)c3c(C)cccc3nc2c1.Cc1ccc2c(C(C)(C)C)c3cc(C)ccc3nc2c1.Cc1ccc2c(C(C)(C)C)c3ccc(C)cc3nc2c1.Cc1cccc2c(C(C)(C)C)c3c(C)ccc(C)c3nc12. The Hall–Kier alpha value is -11.3. The van der Waals surface area contributed by atoms with Crippen LogP contribution in [0.4, 0.5) is 0 Å². The van der Waals surface area contributed by atoms with Crippen LogP contribution in [0.1, 0.15) is 280 Å². The van der Waals surface area contributed by atoms with E-state index in [1.807, 2.05) is 0 Å². The summed E-state index contributed by atoms with van der Waals surface area (Å²) in [5.41, 5.74) is 51.7. The van der Waals surface area contributed by atoms with Gasteiger partial charge in [-0.3, -0.25) is 0 Å². The average Bonchev–Trinajstić information content (AvgIpc) is 0.766. The summed E-state index contributed by atoms with van der Waals surface area (Å²) in [6, 6.07) is 57.3. The van der Waals surface area contributed by atoms with Crippen LogP contribution < -0.4 is 0 Å². The summed E-state index contributed by atoms with van der Waals surface area (Å²) in [4.78, 5) is 30.0. The average molecular weight is 1720 g/mol. The third-order valence-electron chi connectivity index (χ3n) is 27.9. The van der Waals surface area contributed by atoms with Crippen molar-refractivity contribution in [3.63, 3.8) is 0 Å². The van der Waals surface area contributed by atoms with Crippen LogP contribution in [0.5, 0.6) is 0 Å². The number of para-hydroxylation sites is 1. The molecule has 0 aliphatic carbocycles. The number of hydrogen-bond donors (Lipinski definition) is 0. The van der Waals surface area contributed by atoms with Gasteiger partial charge in [0.25, 0.3) is 0 Å². The van der Waals surface area contributed by atoms with E-state index in [9.17, 15) is 0 Å². The maximum atomic E-state index is 5.22. The van der Waals surface area contributed by atoms with Crippen LogP contribution in [0.2, 0.25) is 0 Å². The zero-order chi connectivity index (χ0) is 95.6. The Labute approximate surface area is 778 Å². The van der Waals surface area contributed by atoms with Gasteiger partial charge in [-0.05, 0) is 396 Å². The molecule has 130 heavy (non-hydrogen) atoms. The molecule has 0 amide bonds. The van der Waals surface area contributed by atoms with Gasteiger partial charge in [-0.25, -0.2) is 29.9 Å². The maximum Gasteiger partial charge on any atom is 0.0747 e. The van der Waals surface area contributed by atoms with Gasteiger partial charge in [0.1, 0.15) is 0 Å². The van der Waals surface area contributed by atoms with E-state index in [0.29, 0.717) is 0 Å². The van der Waals surface area contributed by atoms with Gasteiger partial charge in [0, 0.05) is 64.6 Å². The molecule has 0 bridgehead atoms. The van der Waals surface area contributed by atoms with Crippen LogP contribution in [0.3, 0.4) is 0 Å². The standard InChI is InChI=1S/C24H31N.C23H29N.C20H23N.3C19H21N/c1-12-11-19-21(24(8,9)10)20-16(5)14(3)15(4)18(7)23(20)25-22(19)17(6)13(12)2;1-12-10-18-20(23(7,8)9)19-11-13(2)15(4)17(6)22(19)24-21(18)16(5)14(12)3;1-12-10-11-14(3)19-16(12)17(20(4,5)6)15-9-7-8-13(2)18(15)21-19;1-12-7-9-16-15(10-12)18(19(3,4)5)14-8-6-13(2)11-17(14)20-16;1-12-6-8-14-16(10-12)20-17-11-13(2)7-9-15(17)18(14)19(3,4)5;1-12-9-10-14-16(11-12)20-15-8-6-7-13(2)17(15)18(14)19(3,4)5/h11H,1-10H3;10-11H,1-9H3;7-11H,1-6H3;3*6-11H,1-5H3. The van der Waals surface area contributed by atoms with E-state index in [4.69, 9.17) is 29.9 Å². The Bertz CT molecular complexity index is 7470. The second-order valence-corrected chi connectivity index (χ2v) is 44.6. The molecule has 0 unspecified atom stereocenters. The Morgan fingerprint density at radius 1 is 0.154 bits per heavy atom. The number of fused-ring (bicyclic) bond motifs is 12. The molecule has 0 saturated carbocycles. The lowest BCUT2D eigenvalue weighted by molar-refractivity contribution is 0.600. The zero-order valence-corrected chi connectivity index (χ0v) is 86.7. The summed E-state index contributed by atoms with van der Waals surface area (Å²) >= 11 is 0. The van der Waals surface area contributed by atoms with Crippen LogP contribution >= 0.6 is 0 Å². The number of aryl methyl sites for hydroxylation is 17. The molecule has 0 radical (unpaired) electrons. The third kappa shape index (κ3) is 18.5. The smallest absolute Gasteiger partial charge is 0.0747 e. The Kier molecular flexibility index (Phi) is 26.2. The van der Waals surface area contributed by atoms with Crippen molar-refractivity contribution < 1.29 is 0 Å². The normalized spacial score (nSPS) is 12.3. The Morgan fingerprint density at radius 2 is 0.446 bits per heavy atom. The minimum Gasteiger partial charge on any atom is -0.248 e. The van der Waals surface area contributed by atoms with Gasteiger partial charge in [-0.1, -0.05) is 227 Å². The van der Waals surface area contributed by atoms with E-state index in [1.54, 1.807) is 0 Å². The van der Waals surface area contributed by atoms with E-state index in [2.05, 4.69) is 435 Å². The maximum absolute atomic E-state index is 5.22. The molecule has 0 fully saturated rings. The van der Waals surface area contributed by atoms with Gasteiger partial charge in [0.15, 0.2) is 0 Å². The molecule has 6 heteroatoms. The molecular weight excluding hydrogens is 1570 g/mol. The van der Waals surface area contributed by atoms with Crippen LogP contribution in [0.15, 0.2) is 158 Å². The molecule has 6 heterocycles. The summed E-state index contributed by atoms with van der Waals surface area (Å²) in [5, 5.41) is 15.7. The molecule has 0 aliphatic heterocycles. The highest BCUT2D eigenvalue weighted by atomic mass is 14.7. The van der Waals surface area contributed by atoms with Crippen molar-refractivity contribution in [1.29, 1.82) is 0 Å². The van der Waals surface area contributed by atoms with Crippen LogP contribution in [-0.2, 0) is 32.5 Å². The Balaban J connectivity index is 0.000000133. The fourth-order valence-corrected chi connectivity index (χ4v) is 20.3. The minimum atomic E-state index is 0.0620. The zero-order valence-electron chi connectivity index (χ0n) is 86.7. The van der Waals surface area contributed by atoms with E-state index in [0.717, 1.165) is 44.1 Å². The molecule has 6 aromatic heterocycles. The lowest BCUT2D eigenvalue weighted by Crippen LogP contribution is -2.15.